The van der Waals surface area contributed by atoms with E-state index in [-0.39, 0.29) is 0 Å². The summed E-state index contributed by atoms with van der Waals surface area (Å²) in [6.45, 7) is 0.690. The molecule has 0 saturated heterocycles. The molecule has 3 rings (SSSR count). The van der Waals surface area contributed by atoms with E-state index in [0.29, 0.717) is 18.0 Å². The number of hydrogen-bond acceptors (Lipinski definition) is 3. The first-order valence-electron chi connectivity index (χ1n) is 7.01. The highest BCUT2D eigenvalue weighted by atomic mass is 32.1. The second-order valence-electron chi connectivity index (χ2n) is 4.99. The molecule has 0 atom stereocenters. The molecule has 2 heterocycles. The van der Waals surface area contributed by atoms with Gasteiger partial charge in [-0.2, -0.15) is 0 Å². The zero-order valence-electron chi connectivity index (χ0n) is 12.0. The van der Waals surface area contributed by atoms with Crippen molar-refractivity contribution in [1.82, 2.24) is 14.5 Å². The van der Waals surface area contributed by atoms with E-state index in [1.807, 2.05) is 54.9 Å². The third kappa shape index (κ3) is 3.20. The zero-order valence-corrected chi connectivity index (χ0v) is 12.8. The molecule has 110 valence electrons. The van der Waals surface area contributed by atoms with Gasteiger partial charge in [0.25, 0.3) is 0 Å². The Bertz CT molecular complexity index is 780. The molecule has 5 heteroatoms. The monoisotopic (exact) mass is 308 g/mol. The van der Waals surface area contributed by atoms with Crippen molar-refractivity contribution in [2.24, 2.45) is 5.73 Å². The number of rotatable bonds is 5. The Hall–Kier alpha value is -2.53. The molecule has 0 amide bonds. The maximum absolute atomic E-state index is 5.80. The molecule has 0 aliphatic heterocycles. The molecule has 0 saturated carbocycles. The number of nitrogens with zero attached hydrogens (tertiary/aromatic N) is 3. The molecule has 0 unspecified atom stereocenters. The first-order valence-corrected chi connectivity index (χ1v) is 7.42. The maximum atomic E-state index is 5.80. The van der Waals surface area contributed by atoms with E-state index in [4.69, 9.17) is 18.0 Å². The number of imidazole rings is 1. The number of thiocarbonyl (C=S) groups is 1. The SMILES string of the molecule is NC(=S)c1ccccc1Cn1ccnc1Cc1ccccn1. The minimum atomic E-state index is 0.419. The van der Waals surface area contributed by atoms with Gasteiger partial charge in [-0.1, -0.05) is 42.5 Å². The Balaban J connectivity index is 1.86. The molecule has 2 N–H and O–H groups in total. The van der Waals surface area contributed by atoms with Gasteiger partial charge in [-0.15, -0.1) is 0 Å². The topological polar surface area (TPSA) is 56.7 Å². The fourth-order valence-electron chi connectivity index (χ4n) is 2.40. The lowest BCUT2D eigenvalue weighted by Crippen LogP contribution is -2.14. The number of hydrogen-bond donors (Lipinski definition) is 1. The van der Waals surface area contributed by atoms with Gasteiger partial charge in [-0.25, -0.2) is 4.98 Å². The van der Waals surface area contributed by atoms with Crippen LogP contribution in [0.15, 0.2) is 61.1 Å². The van der Waals surface area contributed by atoms with Crippen molar-refractivity contribution in [1.29, 1.82) is 0 Å². The molecule has 4 nitrogen and oxygen atoms in total. The summed E-state index contributed by atoms with van der Waals surface area (Å²) in [5.74, 6) is 0.969. The number of pyridine rings is 1. The molecular weight excluding hydrogens is 292 g/mol. The molecule has 22 heavy (non-hydrogen) atoms. The summed E-state index contributed by atoms with van der Waals surface area (Å²) in [6, 6.07) is 13.8. The normalized spacial score (nSPS) is 10.5. The zero-order chi connectivity index (χ0) is 15.4. The van der Waals surface area contributed by atoms with Crippen LogP contribution in [0.25, 0.3) is 0 Å². The largest absolute Gasteiger partial charge is 0.389 e. The molecule has 1 aromatic carbocycles. The van der Waals surface area contributed by atoms with Crippen LogP contribution in [0.4, 0.5) is 0 Å². The fraction of sp³-hybridized carbons (Fsp3) is 0.118. The molecule has 3 aromatic rings. The molecule has 0 fully saturated rings. The molecule has 0 bridgehead atoms. The number of benzene rings is 1. The van der Waals surface area contributed by atoms with Gasteiger partial charge in [0, 0.05) is 42.8 Å². The van der Waals surface area contributed by atoms with Crippen LogP contribution in [-0.2, 0) is 13.0 Å². The van der Waals surface area contributed by atoms with Crippen LogP contribution < -0.4 is 5.73 Å². The highest BCUT2D eigenvalue weighted by molar-refractivity contribution is 7.80. The minimum absolute atomic E-state index is 0.419. The van der Waals surface area contributed by atoms with Crippen molar-refractivity contribution in [3.8, 4) is 0 Å². The maximum Gasteiger partial charge on any atom is 0.114 e. The van der Waals surface area contributed by atoms with E-state index in [1.54, 1.807) is 6.20 Å². The van der Waals surface area contributed by atoms with Crippen molar-refractivity contribution in [3.05, 3.63) is 83.7 Å². The standard InChI is InChI=1S/C17H16N4S/c18-17(22)15-7-2-1-5-13(15)12-21-10-9-20-16(21)11-14-6-3-4-8-19-14/h1-10H,11-12H2,(H2,18,22). The van der Waals surface area contributed by atoms with Crippen LogP contribution in [0.1, 0.15) is 22.6 Å². The summed E-state index contributed by atoms with van der Waals surface area (Å²) in [6.07, 6.45) is 6.27. The van der Waals surface area contributed by atoms with Crippen LogP contribution in [0.5, 0.6) is 0 Å². The molecule has 0 radical (unpaired) electrons. The third-order valence-electron chi connectivity index (χ3n) is 3.49. The highest BCUT2D eigenvalue weighted by Crippen LogP contribution is 2.13. The lowest BCUT2D eigenvalue weighted by molar-refractivity contribution is 0.735. The van der Waals surface area contributed by atoms with Gasteiger partial charge in [0.15, 0.2) is 0 Å². The van der Waals surface area contributed by atoms with Crippen molar-refractivity contribution in [2.45, 2.75) is 13.0 Å². The second-order valence-corrected chi connectivity index (χ2v) is 5.43. The Kier molecular flexibility index (Phi) is 4.25. The Morgan fingerprint density at radius 3 is 2.64 bits per heavy atom. The molecule has 0 aliphatic rings. The van der Waals surface area contributed by atoms with Crippen LogP contribution in [0, 0.1) is 0 Å². The summed E-state index contributed by atoms with van der Waals surface area (Å²) >= 11 is 5.13. The number of nitrogens with two attached hydrogens (primary N) is 1. The second kappa shape index (κ2) is 6.49. The van der Waals surface area contributed by atoms with E-state index in [2.05, 4.69) is 14.5 Å². The summed E-state index contributed by atoms with van der Waals surface area (Å²) in [5.41, 5.74) is 8.80. The first kappa shape index (κ1) is 14.4. The van der Waals surface area contributed by atoms with Crippen molar-refractivity contribution >= 4 is 17.2 Å². The van der Waals surface area contributed by atoms with Gasteiger partial charge < -0.3 is 10.3 Å². The van der Waals surface area contributed by atoms with Gasteiger partial charge in [0.1, 0.15) is 10.8 Å². The van der Waals surface area contributed by atoms with E-state index in [9.17, 15) is 0 Å². The summed E-state index contributed by atoms with van der Waals surface area (Å²) in [7, 11) is 0. The Morgan fingerprint density at radius 1 is 1.05 bits per heavy atom. The lowest BCUT2D eigenvalue weighted by Gasteiger charge is -2.11. The first-order chi connectivity index (χ1) is 10.7. The van der Waals surface area contributed by atoms with E-state index in [1.165, 1.54) is 0 Å². The van der Waals surface area contributed by atoms with Crippen molar-refractivity contribution < 1.29 is 0 Å². The van der Waals surface area contributed by atoms with E-state index >= 15 is 0 Å². The molecule has 0 spiro atoms. The van der Waals surface area contributed by atoms with Crippen LogP contribution in [-0.4, -0.2) is 19.5 Å². The van der Waals surface area contributed by atoms with Gasteiger partial charge in [0.05, 0.1) is 0 Å². The summed E-state index contributed by atoms with van der Waals surface area (Å²) in [4.78, 5) is 9.21. The summed E-state index contributed by atoms with van der Waals surface area (Å²) < 4.78 is 2.10. The smallest absolute Gasteiger partial charge is 0.114 e. The predicted molar refractivity (Wildman–Crippen MR) is 90.7 cm³/mol. The van der Waals surface area contributed by atoms with Crippen LogP contribution in [0.3, 0.4) is 0 Å². The average Bonchev–Trinajstić information content (AvgIpc) is 2.96. The summed E-state index contributed by atoms with van der Waals surface area (Å²) in [5, 5.41) is 0. The molecular formula is C17H16N4S. The van der Waals surface area contributed by atoms with E-state index in [0.717, 1.165) is 22.6 Å². The van der Waals surface area contributed by atoms with Crippen LogP contribution >= 0.6 is 12.2 Å². The molecule has 0 aliphatic carbocycles. The van der Waals surface area contributed by atoms with Gasteiger partial charge in [-0.3, -0.25) is 4.98 Å². The van der Waals surface area contributed by atoms with Gasteiger partial charge >= 0.3 is 0 Å². The predicted octanol–water partition coefficient (Wildman–Crippen LogP) is 2.55. The highest BCUT2D eigenvalue weighted by Gasteiger charge is 2.09. The van der Waals surface area contributed by atoms with Crippen molar-refractivity contribution in [2.75, 3.05) is 0 Å². The molecule has 2 aromatic heterocycles. The minimum Gasteiger partial charge on any atom is -0.389 e. The lowest BCUT2D eigenvalue weighted by atomic mass is 10.1. The number of aromatic nitrogens is 3. The van der Waals surface area contributed by atoms with Crippen LogP contribution in [0.2, 0.25) is 0 Å². The Labute approximate surface area is 134 Å². The fourth-order valence-corrected chi connectivity index (χ4v) is 2.60. The average molecular weight is 308 g/mol. The Morgan fingerprint density at radius 2 is 1.86 bits per heavy atom. The van der Waals surface area contributed by atoms with Crippen molar-refractivity contribution in [3.63, 3.8) is 0 Å². The van der Waals surface area contributed by atoms with E-state index < -0.39 is 0 Å². The quantitative estimate of drug-likeness (QED) is 0.736. The van der Waals surface area contributed by atoms with Gasteiger partial charge in [0.2, 0.25) is 0 Å². The third-order valence-corrected chi connectivity index (χ3v) is 3.71. The van der Waals surface area contributed by atoms with Gasteiger partial charge in [-0.05, 0) is 17.7 Å².